The number of hydrogen-bond donors (Lipinski definition) is 7. The number of hydrogen-bond acceptors (Lipinski definition) is 13. The van der Waals surface area contributed by atoms with E-state index in [-0.39, 0.29) is 64.8 Å². The van der Waals surface area contributed by atoms with Gasteiger partial charge in [-0.25, -0.2) is 4.79 Å². The van der Waals surface area contributed by atoms with Crippen molar-refractivity contribution in [3.8, 4) is 0 Å². The number of imide groups is 1. The van der Waals surface area contributed by atoms with Crippen LogP contribution < -0.4 is 16.0 Å². The first-order valence-corrected chi connectivity index (χ1v) is 13.3. The van der Waals surface area contributed by atoms with Gasteiger partial charge in [-0.15, -0.1) is 5.06 Å². The number of unbranched alkanes of at least 4 members (excludes halogenated alkanes) is 1. The van der Waals surface area contributed by atoms with E-state index in [1.807, 2.05) is 0 Å². The number of ether oxygens (including phenoxy) is 2. The summed E-state index contributed by atoms with van der Waals surface area (Å²) in [4.78, 5) is 76.8. The minimum absolute atomic E-state index is 0.0270. The first-order valence-electron chi connectivity index (χ1n) is 13.3. The normalized spacial score (nSPS) is 25.0. The Morgan fingerprint density at radius 2 is 1.61 bits per heavy atom. The van der Waals surface area contributed by atoms with Crippen LogP contribution >= 0.6 is 0 Å². The van der Waals surface area contributed by atoms with Gasteiger partial charge in [0.05, 0.1) is 25.7 Å². The highest BCUT2D eigenvalue weighted by atomic mass is 16.7. The van der Waals surface area contributed by atoms with Crippen molar-refractivity contribution >= 4 is 35.5 Å². The highest BCUT2D eigenvalue weighted by Gasteiger charge is 2.42. The zero-order valence-electron chi connectivity index (χ0n) is 22.7. The summed E-state index contributed by atoms with van der Waals surface area (Å²) in [5.41, 5.74) is 0. The molecule has 6 atom stereocenters. The number of rotatable bonds is 16. The second kappa shape index (κ2) is 16.9. The lowest BCUT2D eigenvalue weighted by molar-refractivity contribution is -0.292. The maximum Gasteiger partial charge on any atom is 0.333 e. The van der Waals surface area contributed by atoms with Crippen molar-refractivity contribution in [1.82, 2.24) is 21.0 Å². The Kier molecular flexibility index (Phi) is 14.0. The maximum atomic E-state index is 12.4. The summed E-state index contributed by atoms with van der Waals surface area (Å²) in [6.07, 6.45) is -6.65. The molecule has 17 heteroatoms. The molecule has 5 amide bonds. The first kappa shape index (κ1) is 34.0. The first-order chi connectivity index (χ1) is 19.4. The molecular weight excluding hydrogens is 552 g/mol. The van der Waals surface area contributed by atoms with Crippen LogP contribution in [0.5, 0.6) is 0 Å². The van der Waals surface area contributed by atoms with E-state index in [1.165, 1.54) is 6.92 Å². The van der Waals surface area contributed by atoms with Gasteiger partial charge in [0.15, 0.2) is 6.29 Å². The Morgan fingerprint density at radius 3 is 2.27 bits per heavy atom. The summed E-state index contributed by atoms with van der Waals surface area (Å²) in [5.74, 6) is -3.91. The fourth-order valence-electron chi connectivity index (χ4n) is 3.91. The topological polar surface area (TPSA) is 250 Å². The molecule has 2 rings (SSSR count). The molecule has 0 aromatic rings. The third-order valence-corrected chi connectivity index (χ3v) is 6.20. The molecule has 0 bridgehead atoms. The molecule has 0 spiro atoms. The summed E-state index contributed by atoms with van der Waals surface area (Å²) in [6.45, 7) is 0.818. The molecule has 0 radical (unpaired) electrons. The van der Waals surface area contributed by atoms with Gasteiger partial charge in [-0.3, -0.25) is 24.0 Å². The van der Waals surface area contributed by atoms with E-state index in [9.17, 15) is 44.1 Å². The zero-order valence-corrected chi connectivity index (χ0v) is 22.7. The Balaban J connectivity index is 1.73. The molecule has 2 fully saturated rings. The number of nitrogens with one attached hydrogen (secondary N) is 3. The van der Waals surface area contributed by atoms with Gasteiger partial charge in [-0.1, -0.05) is 0 Å². The fourth-order valence-corrected chi connectivity index (χ4v) is 3.91. The molecule has 2 saturated heterocycles. The average molecular weight is 591 g/mol. The van der Waals surface area contributed by atoms with Crippen LogP contribution in [0.4, 0.5) is 0 Å². The van der Waals surface area contributed by atoms with Gasteiger partial charge in [0.25, 0.3) is 11.8 Å². The van der Waals surface area contributed by atoms with Gasteiger partial charge >= 0.3 is 5.97 Å². The SMILES string of the molecule is C[C@@H]1O[C@@H](OCCNC(=O)CC(NC(=O)CCCCC(=O)ON2C(=O)CCC2=O)C(=O)NCCO)[C@@H](O)[C@H](O)C1O. The molecule has 0 aromatic carbocycles. The number of carbonyl (C=O) groups excluding carboxylic acids is 6. The standard InChI is InChI=1S/C24H38N4O13/c1-13-20(35)21(36)22(37)24(40-13)39-11-9-25-16(31)12-14(23(38)26-8-10-29)27-15(30)4-2-3-5-19(34)41-28-17(32)6-7-18(28)33/h13-14,20-22,24,29,35-37H,2-12H2,1H3,(H,25,31)(H,26,38)(H,27,30)/t13-,14?,20?,21+,22-,24+/m0/s1. The average Bonchev–Trinajstić information content (AvgIpc) is 3.25. The molecule has 2 aliphatic heterocycles. The Morgan fingerprint density at radius 1 is 0.951 bits per heavy atom. The molecule has 17 nitrogen and oxygen atoms in total. The third kappa shape index (κ3) is 10.9. The van der Waals surface area contributed by atoms with Crippen LogP contribution in [-0.2, 0) is 43.1 Å². The molecular formula is C24H38N4O13. The van der Waals surface area contributed by atoms with Crippen LogP contribution in [0.15, 0.2) is 0 Å². The van der Waals surface area contributed by atoms with Crippen LogP contribution in [0.3, 0.4) is 0 Å². The van der Waals surface area contributed by atoms with Crippen LogP contribution in [-0.4, -0.2) is 124 Å². The minimum Gasteiger partial charge on any atom is -0.395 e. The van der Waals surface area contributed by atoms with Crippen molar-refractivity contribution in [2.24, 2.45) is 0 Å². The van der Waals surface area contributed by atoms with E-state index in [0.29, 0.717) is 5.06 Å². The van der Waals surface area contributed by atoms with E-state index in [1.54, 1.807) is 0 Å². The lowest BCUT2D eigenvalue weighted by atomic mass is 10.0. The molecule has 232 valence electrons. The number of hydroxylamine groups is 2. The molecule has 0 aliphatic carbocycles. The highest BCUT2D eigenvalue weighted by Crippen LogP contribution is 2.21. The van der Waals surface area contributed by atoms with Gasteiger partial charge in [0.2, 0.25) is 17.7 Å². The highest BCUT2D eigenvalue weighted by molar-refractivity contribution is 6.01. The maximum absolute atomic E-state index is 12.4. The van der Waals surface area contributed by atoms with E-state index in [0.717, 1.165) is 0 Å². The van der Waals surface area contributed by atoms with Crippen molar-refractivity contribution in [3.05, 3.63) is 0 Å². The fraction of sp³-hybridized carbons (Fsp3) is 0.750. The van der Waals surface area contributed by atoms with E-state index >= 15 is 0 Å². The van der Waals surface area contributed by atoms with Crippen LogP contribution in [0.2, 0.25) is 0 Å². The van der Waals surface area contributed by atoms with Crippen molar-refractivity contribution in [2.45, 2.75) is 88.6 Å². The quantitative estimate of drug-likeness (QED) is 0.0671. The summed E-state index contributed by atoms with van der Waals surface area (Å²) in [7, 11) is 0. The molecule has 0 aromatic heterocycles. The molecule has 2 heterocycles. The van der Waals surface area contributed by atoms with Crippen LogP contribution in [0.25, 0.3) is 0 Å². The number of aliphatic hydroxyl groups is 4. The Hall–Kier alpha value is -3.22. The predicted molar refractivity (Wildman–Crippen MR) is 134 cm³/mol. The van der Waals surface area contributed by atoms with Crippen molar-refractivity contribution in [3.63, 3.8) is 0 Å². The summed E-state index contributed by atoms with van der Waals surface area (Å²) in [6, 6.07) is -1.27. The number of aliphatic hydroxyl groups excluding tert-OH is 4. The summed E-state index contributed by atoms with van der Waals surface area (Å²) < 4.78 is 10.6. The smallest absolute Gasteiger partial charge is 0.333 e. The molecule has 41 heavy (non-hydrogen) atoms. The van der Waals surface area contributed by atoms with Gasteiger partial charge < -0.3 is 50.7 Å². The number of amides is 5. The van der Waals surface area contributed by atoms with Crippen molar-refractivity contribution in [1.29, 1.82) is 0 Å². The number of nitrogens with zero attached hydrogens (tertiary/aromatic N) is 1. The minimum atomic E-state index is -1.50. The summed E-state index contributed by atoms with van der Waals surface area (Å²) >= 11 is 0. The summed E-state index contributed by atoms with van der Waals surface area (Å²) in [5, 5.41) is 46.2. The van der Waals surface area contributed by atoms with Gasteiger partial charge in [0, 0.05) is 38.8 Å². The molecule has 2 unspecified atom stereocenters. The van der Waals surface area contributed by atoms with Crippen LogP contribution in [0.1, 0.15) is 51.9 Å². The van der Waals surface area contributed by atoms with Gasteiger partial charge in [-0.2, -0.15) is 0 Å². The predicted octanol–water partition coefficient (Wildman–Crippen LogP) is -3.90. The van der Waals surface area contributed by atoms with Gasteiger partial charge in [0.1, 0.15) is 24.4 Å². The molecule has 2 aliphatic rings. The van der Waals surface area contributed by atoms with E-state index < -0.39 is 78.7 Å². The lowest BCUT2D eigenvalue weighted by Crippen LogP contribution is -2.57. The van der Waals surface area contributed by atoms with Crippen LogP contribution in [0, 0.1) is 0 Å². The van der Waals surface area contributed by atoms with Crippen molar-refractivity contribution in [2.75, 3.05) is 26.3 Å². The Labute approximate surface area is 235 Å². The lowest BCUT2D eigenvalue weighted by Gasteiger charge is -2.38. The largest absolute Gasteiger partial charge is 0.395 e. The number of carbonyl (C=O) groups is 6. The second-order valence-corrected chi connectivity index (χ2v) is 9.49. The molecule has 7 N–H and O–H groups in total. The zero-order chi connectivity index (χ0) is 30.5. The van der Waals surface area contributed by atoms with E-state index in [2.05, 4.69) is 16.0 Å². The second-order valence-electron chi connectivity index (χ2n) is 9.49. The van der Waals surface area contributed by atoms with Crippen molar-refractivity contribution < 1.29 is 63.5 Å². The van der Waals surface area contributed by atoms with E-state index in [4.69, 9.17) is 19.4 Å². The monoisotopic (exact) mass is 590 g/mol. The Bertz CT molecular complexity index is 933. The third-order valence-electron chi connectivity index (χ3n) is 6.20. The molecule has 0 saturated carbocycles. The van der Waals surface area contributed by atoms with Gasteiger partial charge in [-0.05, 0) is 19.8 Å².